The lowest BCUT2D eigenvalue weighted by molar-refractivity contribution is -0.0792. The summed E-state index contributed by atoms with van der Waals surface area (Å²) in [6.07, 6.45) is 2.29. The van der Waals surface area contributed by atoms with Gasteiger partial charge in [0.25, 0.3) is 15.9 Å². The van der Waals surface area contributed by atoms with Crippen LogP contribution in [0.4, 0.5) is 10.7 Å². The highest BCUT2D eigenvalue weighted by Crippen LogP contribution is 2.57. The highest BCUT2D eigenvalue weighted by atomic mass is 32.2. The minimum atomic E-state index is -4.14. The lowest BCUT2D eigenvalue weighted by Crippen LogP contribution is -2.64. The van der Waals surface area contributed by atoms with Crippen LogP contribution in [0.2, 0.25) is 0 Å². The van der Waals surface area contributed by atoms with Gasteiger partial charge in [-0.1, -0.05) is 24.3 Å². The van der Waals surface area contributed by atoms with Crippen molar-refractivity contribution in [2.75, 3.05) is 11.8 Å². The molecule has 2 amide bonds. The maximum absolute atomic E-state index is 14.1. The Kier molecular flexibility index (Phi) is 7.51. The quantitative estimate of drug-likeness (QED) is 0.425. The molecule has 3 aromatic rings. The van der Waals surface area contributed by atoms with Crippen molar-refractivity contribution in [2.45, 2.75) is 82.5 Å². The number of carbonyl (C=O) groups is 2. The number of carbonyl (C=O) groups excluding carboxylic acids is 2. The number of benzene rings is 2. The molecule has 2 aromatic carbocycles. The number of nitrogens with one attached hydrogen (secondary N) is 2. The van der Waals surface area contributed by atoms with Crippen molar-refractivity contribution in [2.24, 2.45) is 5.41 Å². The fourth-order valence-corrected chi connectivity index (χ4v) is 7.97. The molecule has 4 bridgehead atoms. The van der Waals surface area contributed by atoms with E-state index in [1.165, 1.54) is 19.2 Å². The van der Waals surface area contributed by atoms with Crippen molar-refractivity contribution in [1.82, 2.24) is 20.2 Å². The number of amides is 2. The number of methoxy groups -OCH3 is 1. The molecule has 2 saturated carbocycles. The topological polar surface area (TPSA) is 140 Å². The summed E-state index contributed by atoms with van der Waals surface area (Å²) < 4.78 is 40.7. The molecule has 0 saturated heterocycles. The van der Waals surface area contributed by atoms with Gasteiger partial charge in [-0.15, -0.1) is 0 Å². The molecule has 2 aliphatic carbocycles. The molecule has 2 fully saturated rings. The lowest BCUT2D eigenvalue weighted by Gasteiger charge is -2.60. The van der Waals surface area contributed by atoms with Crippen molar-refractivity contribution in [1.29, 1.82) is 0 Å². The van der Waals surface area contributed by atoms with E-state index in [9.17, 15) is 18.0 Å². The van der Waals surface area contributed by atoms with E-state index in [-0.39, 0.29) is 51.7 Å². The number of sulfonamides is 1. The minimum absolute atomic E-state index is 0.0542. The van der Waals surface area contributed by atoms with Gasteiger partial charge in [-0.2, -0.15) is 4.98 Å². The molecule has 11 nitrogen and oxygen atoms in total. The zero-order chi connectivity index (χ0) is 31.4. The molecular weight excluding hydrogens is 582 g/mol. The average molecular weight is 620 g/mol. The maximum atomic E-state index is 14.1. The van der Waals surface area contributed by atoms with Gasteiger partial charge in [0.15, 0.2) is 0 Å². The SMILES string of the molecule is COC(=O)NC1CC2(C1)CC(N1C(=O)c3cccc(c3)S(=O)(=O)Nc3nc(cc(-c4c(C)cccc4C)n3)O[C@@H](C)[C@H]1C)C2. The molecule has 3 aliphatic rings. The Morgan fingerprint density at radius 2 is 1.73 bits per heavy atom. The van der Waals surface area contributed by atoms with Crippen LogP contribution in [0.1, 0.15) is 61.0 Å². The van der Waals surface area contributed by atoms with E-state index in [2.05, 4.69) is 20.0 Å². The number of alkyl carbamates (subject to hydrolysis) is 1. The first-order valence-electron chi connectivity index (χ1n) is 14.8. The summed E-state index contributed by atoms with van der Waals surface area (Å²) in [6, 6.07) is 13.3. The molecule has 0 unspecified atom stereocenters. The number of hydrogen-bond acceptors (Lipinski definition) is 8. The Morgan fingerprint density at radius 1 is 1.05 bits per heavy atom. The van der Waals surface area contributed by atoms with Crippen molar-refractivity contribution < 1.29 is 27.5 Å². The molecule has 2 atom stereocenters. The Balaban J connectivity index is 1.36. The second-order valence-corrected chi connectivity index (χ2v) is 14.1. The molecular formula is C32H37N5O6S. The van der Waals surface area contributed by atoms with Gasteiger partial charge >= 0.3 is 6.09 Å². The van der Waals surface area contributed by atoms with Crippen LogP contribution in [0.3, 0.4) is 0 Å². The number of hydrogen-bond donors (Lipinski definition) is 2. The average Bonchev–Trinajstić information content (AvgIpc) is 2.93. The zero-order valence-corrected chi connectivity index (χ0v) is 26.3. The number of aromatic nitrogens is 2. The van der Waals surface area contributed by atoms with Crippen LogP contribution in [-0.2, 0) is 14.8 Å². The number of nitrogens with zero attached hydrogens (tertiary/aromatic N) is 3. The van der Waals surface area contributed by atoms with Gasteiger partial charge in [-0.25, -0.2) is 22.9 Å². The Bertz CT molecular complexity index is 1710. The summed E-state index contributed by atoms with van der Waals surface area (Å²) in [6.45, 7) is 7.78. The maximum Gasteiger partial charge on any atom is 0.407 e. The van der Waals surface area contributed by atoms with Crippen LogP contribution in [0.5, 0.6) is 5.88 Å². The molecule has 12 heteroatoms. The van der Waals surface area contributed by atoms with E-state index in [0.717, 1.165) is 42.4 Å². The number of aryl methyl sites for hydroxylation is 2. The van der Waals surface area contributed by atoms with Gasteiger partial charge in [0, 0.05) is 29.3 Å². The van der Waals surface area contributed by atoms with Crippen molar-refractivity contribution in [3.05, 3.63) is 65.2 Å². The third-order valence-corrected chi connectivity index (χ3v) is 10.6. The van der Waals surface area contributed by atoms with E-state index in [1.54, 1.807) is 18.2 Å². The first-order valence-corrected chi connectivity index (χ1v) is 16.3. The predicted octanol–water partition coefficient (Wildman–Crippen LogP) is 4.84. The van der Waals surface area contributed by atoms with Crippen LogP contribution in [0.15, 0.2) is 53.4 Å². The Hall–Kier alpha value is -4.19. The van der Waals surface area contributed by atoms with Gasteiger partial charge < -0.3 is 19.7 Å². The first-order chi connectivity index (χ1) is 20.9. The summed E-state index contributed by atoms with van der Waals surface area (Å²) in [7, 11) is -2.79. The summed E-state index contributed by atoms with van der Waals surface area (Å²) in [5, 5.41) is 2.86. The van der Waals surface area contributed by atoms with Gasteiger partial charge in [-0.05, 0) is 88.1 Å². The Morgan fingerprint density at radius 3 is 2.41 bits per heavy atom. The Labute approximate surface area is 257 Å². The van der Waals surface area contributed by atoms with Crippen LogP contribution in [0.25, 0.3) is 11.3 Å². The standard InChI is InChI=1S/C32H37N5O6S/c1-18-8-6-9-19(2)28(18)26-13-27-35-30(34-26)36-44(40,41)25-11-7-10-22(12-25)29(38)37(20(3)21(4)43-27)24-16-32(17-24)14-23(15-32)33-31(39)42-5/h6-13,20-21,23-24H,14-17H2,1-5H3,(H,33,39)(H,34,35,36)/t20-,21+,23?,24?,32?/m1/s1. The molecule has 1 aromatic heterocycles. The smallest absolute Gasteiger partial charge is 0.407 e. The predicted molar refractivity (Wildman–Crippen MR) is 164 cm³/mol. The molecule has 2 heterocycles. The van der Waals surface area contributed by atoms with Gasteiger partial charge in [0.2, 0.25) is 11.8 Å². The van der Waals surface area contributed by atoms with Crippen LogP contribution in [-0.4, -0.2) is 66.6 Å². The summed E-state index contributed by atoms with van der Waals surface area (Å²) in [4.78, 5) is 36.6. The van der Waals surface area contributed by atoms with Crippen LogP contribution >= 0.6 is 0 Å². The van der Waals surface area contributed by atoms with Crippen LogP contribution < -0.4 is 14.8 Å². The van der Waals surface area contributed by atoms with E-state index in [1.807, 2.05) is 50.8 Å². The third-order valence-electron chi connectivity index (χ3n) is 9.31. The first kappa shape index (κ1) is 29.9. The van der Waals surface area contributed by atoms with Crippen LogP contribution in [0, 0.1) is 19.3 Å². The number of anilines is 1. The van der Waals surface area contributed by atoms with Crippen molar-refractivity contribution >= 4 is 28.0 Å². The largest absolute Gasteiger partial charge is 0.472 e. The van der Waals surface area contributed by atoms with E-state index >= 15 is 0 Å². The fraction of sp³-hybridized carbons (Fsp3) is 0.438. The molecule has 1 aliphatic heterocycles. The summed E-state index contributed by atoms with van der Waals surface area (Å²) in [5.74, 6) is -0.176. The summed E-state index contributed by atoms with van der Waals surface area (Å²) >= 11 is 0. The van der Waals surface area contributed by atoms with E-state index in [0.29, 0.717) is 5.69 Å². The molecule has 232 valence electrons. The number of rotatable bonds is 3. The normalized spacial score (nSPS) is 27.3. The summed E-state index contributed by atoms with van der Waals surface area (Å²) in [5.41, 5.74) is 3.68. The molecule has 2 N–H and O–H groups in total. The van der Waals surface area contributed by atoms with Gasteiger partial charge in [0.1, 0.15) is 6.10 Å². The second-order valence-electron chi connectivity index (χ2n) is 12.4. The van der Waals surface area contributed by atoms with Crippen molar-refractivity contribution in [3.63, 3.8) is 0 Å². The fourth-order valence-electron chi connectivity index (χ4n) is 6.98. The van der Waals surface area contributed by atoms with E-state index in [4.69, 9.17) is 9.47 Å². The molecule has 44 heavy (non-hydrogen) atoms. The number of fused-ring (bicyclic) bond motifs is 4. The lowest BCUT2D eigenvalue weighted by atomic mass is 9.51. The van der Waals surface area contributed by atoms with Gasteiger partial charge in [0.05, 0.1) is 23.7 Å². The molecule has 0 radical (unpaired) electrons. The number of ether oxygens (including phenoxy) is 2. The molecule has 6 rings (SSSR count). The monoisotopic (exact) mass is 619 g/mol. The zero-order valence-electron chi connectivity index (χ0n) is 25.5. The highest BCUT2D eigenvalue weighted by molar-refractivity contribution is 7.92. The second kappa shape index (κ2) is 11.1. The third kappa shape index (κ3) is 5.47. The van der Waals surface area contributed by atoms with E-state index < -0.39 is 22.2 Å². The highest BCUT2D eigenvalue weighted by Gasteiger charge is 2.56. The minimum Gasteiger partial charge on any atom is -0.472 e. The van der Waals surface area contributed by atoms with Gasteiger partial charge in [-0.3, -0.25) is 4.79 Å². The molecule has 1 spiro atoms. The van der Waals surface area contributed by atoms with Crippen molar-refractivity contribution in [3.8, 4) is 17.1 Å².